The van der Waals surface area contributed by atoms with Crippen molar-refractivity contribution >= 4 is 5.97 Å². The average molecular weight is 287 g/mol. The quantitative estimate of drug-likeness (QED) is 0.691. The summed E-state index contributed by atoms with van der Waals surface area (Å²) in [6.07, 6.45) is 4.17. The molecule has 3 unspecified atom stereocenters. The molecule has 20 heavy (non-hydrogen) atoms. The molecule has 0 radical (unpaired) electrons. The highest BCUT2D eigenvalue weighted by molar-refractivity contribution is 5.80. The number of hydrogen-bond donors (Lipinski definition) is 1. The topological polar surface area (TPSA) is 56.8 Å². The average Bonchev–Trinajstić information content (AvgIpc) is 2.46. The maximum atomic E-state index is 12.0. The van der Waals surface area contributed by atoms with E-state index < -0.39 is 5.54 Å². The Morgan fingerprint density at radius 2 is 2.25 bits per heavy atom. The van der Waals surface area contributed by atoms with Crippen molar-refractivity contribution in [2.24, 2.45) is 0 Å². The third-order valence-corrected chi connectivity index (χ3v) is 3.81. The summed E-state index contributed by atoms with van der Waals surface area (Å²) < 4.78 is 16.6. The van der Waals surface area contributed by atoms with E-state index in [0.717, 1.165) is 19.4 Å². The Balaban J connectivity index is 2.37. The lowest BCUT2D eigenvalue weighted by Gasteiger charge is -2.30. The lowest BCUT2D eigenvalue weighted by atomic mass is 9.95. The smallest absolute Gasteiger partial charge is 0.326 e. The minimum Gasteiger partial charge on any atom is -0.465 e. The number of esters is 1. The van der Waals surface area contributed by atoms with E-state index in [0.29, 0.717) is 19.6 Å². The first-order valence-electron chi connectivity index (χ1n) is 7.61. The first kappa shape index (κ1) is 17.4. The molecule has 0 bridgehead atoms. The zero-order valence-corrected chi connectivity index (χ0v) is 13.2. The molecular weight excluding hydrogens is 258 g/mol. The van der Waals surface area contributed by atoms with Gasteiger partial charge >= 0.3 is 5.97 Å². The van der Waals surface area contributed by atoms with Gasteiger partial charge in [0.15, 0.2) is 0 Å². The molecule has 1 heterocycles. The highest BCUT2D eigenvalue weighted by Gasteiger charge is 2.35. The third kappa shape index (κ3) is 5.38. The molecule has 1 saturated heterocycles. The van der Waals surface area contributed by atoms with E-state index in [9.17, 15) is 4.79 Å². The van der Waals surface area contributed by atoms with Crippen molar-refractivity contribution in [3.63, 3.8) is 0 Å². The van der Waals surface area contributed by atoms with Crippen LogP contribution in [0.5, 0.6) is 0 Å². The second-order valence-corrected chi connectivity index (χ2v) is 5.64. The van der Waals surface area contributed by atoms with Crippen LogP contribution in [0.4, 0.5) is 0 Å². The molecule has 1 aliphatic heterocycles. The van der Waals surface area contributed by atoms with Gasteiger partial charge in [0.25, 0.3) is 0 Å². The Morgan fingerprint density at radius 3 is 2.80 bits per heavy atom. The van der Waals surface area contributed by atoms with Gasteiger partial charge in [-0.1, -0.05) is 0 Å². The Morgan fingerprint density at radius 1 is 1.50 bits per heavy atom. The maximum absolute atomic E-state index is 12.0. The van der Waals surface area contributed by atoms with Crippen LogP contribution in [0.1, 0.15) is 46.5 Å². The molecule has 0 aromatic rings. The Labute approximate surface area is 122 Å². The van der Waals surface area contributed by atoms with E-state index in [1.807, 2.05) is 20.8 Å². The van der Waals surface area contributed by atoms with Crippen LogP contribution in [0.3, 0.4) is 0 Å². The van der Waals surface area contributed by atoms with Crippen molar-refractivity contribution in [1.82, 2.24) is 5.32 Å². The van der Waals surface area contributed by atoms with Crippen LogP contribution >= 0.6 is 0 Å². The minimum absolute atomic E-state index is 0.0256. The summed E-state index contributed by atoms with van der Waals surface area (Å²) in [6, 6.07) is 0. The molecule has 0 aliphatic carbocycles. The van der Waals surface area contributed by atoms with Gasteiger partial charge in [0.2, 0.25) is 0 Å². The predicted octanol–water partition coefficient (Wildman–Crippen LogP) is 1.89. The number of nitrogens with one attached hydrogen (secondary N) is 1. The number of ether oxygens (including phenoxy) is 3. The molecule has 0 saturated carbocycles. The summed E-state index contributed by atoms with van der Waals surface area (Å²) >= 11 is 0. The van der Waals surface area contributed by atoms with Crippen LogP contribution in [-0.4, -0.2) is 50.6 Å². The molecule has 1 aliphatic rings. The lowest BCUT2D eigenvalue weighted by Crippen LogP contribution is -2.51. The van der Waals surface area contributed by atoms with Gasteiger partial charge in [-0.2, -0.15) is 0 Å². The lowest BCUT2D eigenvalue weighted by molar-refractivity contribution is -0.152. The molecule has 0 spiro atoms. The van der Waals surface area contributed by atoms with Crippen LogP contribution < -0.4 is 5.32 Å². The summed E-state index contributed by atoms with van der Waals surface area (Å²) in [5, 5.41) is 3.05. The predicted molar refractivity (Wildman–Crippen MR) is 77.7 cm³/mol. The Hall–Kier alpha value is -0.650. The highest BCUT2D eigenvalue weighted by Crippen LogP contribution is 2.18. The normalized spacial score (nSPS) is 23.9. The van der Waals surface area contributed by atoms with Crippen molar-refractivity contribution in [3.8, 4) is 0 Å². The molecule has 1 N–H and O–H groups in total. The SMILES string of the molecule is CCOC(=O)C(C)(CC(C)OCC1CCCCO1)NC. The molecule has 0 amide bonds. The zero-order valence-electron chi connectivity index (χ0n) is 13.2. The van der Waals surface area contributed by atoms with Crippen molar-refractivity contribution in [2.75, 3.05) is 26.9 Å². The second kappa shape index (κ2) is 8.60. The molecule has 3 atom stereocenters. The minimum atomic E-state index is -0.706. The molecule has 118 valence electrons. The molecule has 1 fully saturated rings. The molecular formula is C15H29NO4. The van der Waals surface area contributed by atoms with Crippen LogP contribution in [0.15, 0.2) is 0 Å². The maximum Gasteiger partial charge on any atom is 0.326 e. The summed E-state index contributed by atoms with van der Waals surface area (Å²) in [5.41, 5.74) is -0.706. The van der Waals surface area contributed by atoms with E-state index in [-0.39, 0.29) is 18.2 Å². The number of carbonyl (C=O) groups excluding carboxylic acids is 1. The van der Waals surface area contributed by atoms with Gasteiger partial charge < -0.3 is 19.5 Å². The van der Waals surface area contributed by atoms with Crippen LogP contribution in [0, 0.1) is 0 Å². The number of carbonyl (C=O) groups is 1. The fourth-order valence-electron chi connectivity index (χ4n) is 2.42. The summed E-state index contributed by atoms with van der Waals surface area (Å²) in [7, 11) is 1.77. The van der Waals surface area contributed by atoms with Gasteiger partial charge in [0.1, 0.15) is 5.54 Å². The van der Waals surface area contributed by atoms with Gasteiger partial charge in [-0.25, -0.2) is 0 Å². The number of rotatable bonds is 8. The van der Waals surface area contributed by atoms with Gasteiger partial charge in [-0.3, -0.25) is 4.79 Å². The van der Waals surface area contributed by atoms with E-state index in [4.69, 9.17) is 14.2 Å². The van der Waals surface area contributed by atoms with E-state index in [1.165, 1.54) is 6.42 Å². The first-order valence-corrected chi connectivity index (χ1v) is 7.61. The summed E-state index contributed by atoms with van der Waals surface area (Å²) in [4.78, 5) is 12.0. The molecule has 5 heteroatoms. The molecule has 1 rings (SSSR count). The van der Waals surface area contributed by atoms with Gasteiger partial charge in [0, 0.05) is 13.0 Å². The Kier molecular flexibility index (Phi) is 7.48. The standard InChI is InChI=1S/C15H29NO4/c1-5-18-14(17)15(3,16-4)10-12(2)20-11-13-8-6-7-9-19-13/h12-13,16H,5-11H2,1-4H3. The molecule has 0 aromatic carbocycles. The Bertz CT molecular complexity index is 292. The first-order chi connectivity index (χ1) is 9.51. The number of likely N-dealkylation sites (N-methyl/N-ethyl adjacent to an activating group) is 1. The van der Waals surface area contributed by atoms with Crippen LogP contribution in [0.25, 0.3) is 0 Å². The second-order valence-electron chi connectivity index (χ2n) is 5.64. The van der Waals surface area contributed by atoms with E-state index in [1.54, 1.807) is 7.05 Å². The summed E-state index contributed by atoms with van der Waals surface area (Å²) in [5.74, 6) is -0.230. The highest BCUT2D eigenvalue weighted by atomic mass is 16.5. The van der Waals surface area contributed by atoms with Gasteiger partial charge in [-0.05, 0) is 47.1 Å². The molecule has 0 aromatic heterocycles. The fourth-order valence-corrected chi connectivity index (χ4v) is 2.42. The number of hydrogen-bond acceptors (Lipinski definition) is 5. The van der Waals surface area contributed by atoms with Gasteiger partial charge in [0.05, 0.1) is 25.4 Å². The van der Waals surface area contributed by atoms with E-state index in [2.05, 4.69) is 5.32 Å². The molecule has 5 nitrogen and oxygen atoms in total. The van der Waals surface area contributed by atoms with Crippen LogP contribution in [-0.2, 0) is 19.0 Å². The summed E-state index contributed by atoms with van der Waals surface area (Å²) in [6.45, 7) is 7.47. The van der Waals surface area contributed by atoms with E-state index >= 15 is 0 Å². The van der Waals surface area contributed by atoms with Gasteiger partial charge in [-0.15, -0.1) is 0 Å². The zero-order chi connectivity index (χ0) is 15.0. The largest absolute Gasteiger partial charge is 0.465 e. The van der Waals surface area contributed by atoms with Crippen molar-refractivity contribution < 1.29 is 19.0 Å². The van der Waals surface area contributed by atoms with Crippen molar-refractivity contribution in [2.45, 2.75) is 64.2 Å². The van der Waals surface area contributed by atoms with Crippen molar-refractivity contribution in [1.29, 1.82) is 0 Å². The monoisotopic (exact) mass is 287 g/mol. The van der Waals surface area contributed by atoms with Crippen molar-refractivity contribution in [3.05, 3.63) is 0 Å². The van der Waals surface area contributed by atoms with Crippen LogP contribution in [0.2, 0.25) is 0 Å². The third-order valence-electron chi connectivity index (χ3n) is 3.81. The fraction of sp³-hybridized carbons (Fsp3) is 0.933.